The molecule has 12 heavy (non-hydrogen) atoms. The van der Waals surface area contributed by atoms with E-state index in [9.17, 15) is 0 Å². The lowest BCUT2D eigenvalue weighted by atomic mass is 10.1. The molecule has 0 bridgehead atoms. The maximum Gasteiger partial charge on any atom is 0.163 e. The Kier molecular flexibility index (Phi) is 3.16. The van der Waals surface area contributed by atoms with E-state index in [2.05, 4.69) is 6.58 Å². The van der Waals surface area contributed by atoms with Gasteiger partial charge in [0.25, 0.3) is 0 Å². The minimum absolute atomic E-state index is 0.0671. The Morgan fingerprint density at radius 3 is 2.75 bits per heavy atom. The number of hydrogen-bond acceptors (Lipinski definition) is 2. The molecule has 3 heteroatoms. The highest BCUT2D eigenvalue weighted by molar-refractivity contribution is 6.18. The Bertz CT molecular complexity index is 168. The van der Waals surface area contributed by atoms with Gasteiger partial charge in [-0.15, -0.1) is 18.2 Å². The molecule has 70 valence electrons. The molecule has 2 nitrogen and oxygen atoms in total. The van der Waals surface area contributed by atoms with Crippen molar-refractivity contribution < 1.29 is 9.47 Å². The third-order valence-electron chi connectivity index (χ3n) is 1.82. The molecule has 0 aromatic carbocycles. The minimum atomic E-state index is -0.531. The van der Waals surface area contributed by atoms with Crippen LogP contribution in [0.4, 0.5) is 0 Å². The molecule has 1 aliphatic rings. The second kappa shape index (κ2) is 3.77. The predicted molar refractivity (Wildman–Crippen MR) is 49.4 cm³/mol. The van der Waals surface area contributed by atoms with Gasteiger partial charge >= 0.3 is 0 Å². The van der Waals surface area contributed by atoms with E-state index in [-0.39, 0.29) is 12.2 Å². The molecule has 1 heterocycles. The molecule has 0 N–H and O–H groups in total. The first kappa shape index (κ1) is 10.0. The van der Waals surface area contributed by atoms with Gasteiger partial charge in [-0.25, -0.2) is 0 Å². The summed E-state index contributed by atoms with van der Waals surface area (Å²) < 4.78 is 11.1. The zero-order valence-electron chi connectivity index (χ0n) is 7.55. The summed E-state index contributed by atoms with van der Waals surface area (Å²) in [6.07, 6.45) is 2.75. The zero-order valence-corrected chi connectivity index (χ0v) is 8.30. The molecule has 0 spiro atoms. The van der Waals surface area contributed by atoms with E-state index >= 15 is 0 Å². The molecule has 2 atom stereocenters. The maximum absolute atomic E-state index is 5.72. The largest absolute Gasteiger partial charge is 0.346 e. The van der Waals surface area contributed by atoms with E-state index < -0.39 is 5.79 Å². The standard InChI is InChI=1S/C9H15ClO2/c1-4-7-5-8(6-10)12-9(2,3)11-7/h4,7-8H,1,5-6H2,2-3H3/t7-,8+/m0/s1. The van der Waals surface area contributed by atoms with Crippen molar-refractivity contribution in [1.82, 2.24) is 0 Å². The van der Waals surface area contributed by atoms with E-state index in [1.807, 2.05) is 13.8 Å². The second-order valence-electron chi connectivity index (χ2n) is 3.42. The highest BCUT2D eigenvalue weighted by Crippen LogP contribution is 2.27. The van der Waals surface area contributed by atoms with E-state index in [0.717, 1.165) is 6.42 Å². The van der Waals surface area contributed by atoms with Gasteiger partial charge < -0.3 is 9.47 Å². The fourth-order valence-corrected chi connectivity index (χ4v) is 1.58. The first-order valence-corrected chi connectivity index (χ1v) is 4.65. The topological polar surface area (TPSA) is 18.5 Å². The van der Waals surface area contributed by atoms with Crippen LogP contribution in [0, 0.1) is 0 Å². The van der Waals surface area contributed by atoms with Gasteiger partial charge in [-0.2, -0.15) is 0 Å². The lowest BCUT2D eigenvalue weighted by Gasteiger charge is -2.39. The van der Waals surface area contributed by atoms with Crippen LogP contribution < -0.4 is 0 Å². The number of ether oxygens (including phenoxy) is 2. The van der Waals surface area contributed by atoms with Crippen LogP contribution in [0.25, 0.3) is 0 Å². The van der Waals surface area contributed by atoms with Crippen molar-refractivity contribution in [1.29, 1.82) is 0 Å². The molecular formula is C9H15ClO2. The first-order valence-electron chi connectivity index (χ1n) is 4.11. The fraction of sp³-hybridized carbons (Fsp3) is 0.778. The van der Waals surface area contributed by atoms with Gasteiger partial charge in [-0.05, 0) is 13.8 Å². The van der Waals surface area contributed by atoms with Crippen LogP contribution in [-0.2, 0) is 9.47 Å². The highest BCUT2D eigenvalue weighted by atomic mass is 35.5. The molecule has 0 amide bonds. The second-order valence-corrected chi connectivity index (χ2v) is 3.73. The Hall–Kier alpha value is -0.0500. The lowest BCUT2D eigenvalue weighted by molar-refractivity contribution is -0.285. The normalized spacial score (nSPS) is 34.6. The maximum atomic E-state index is 5.72. The van der Waals surface area contributed by atoms with E-state index in [1.165, 1.54) is 0 Å². The van der Waals surface area contributed by atoms with Crippen LogP contribution in [0.1, 0.15) is 20.3 Å². The molecule has 0 radical (unpaired) electrons. The number of halogens is 1. The molecule has 0 saturated carbocycles. The minimum Gasteiger partial charge on any atom is -0.346 e. The van der Waals surface area contributed by atoms with Crippen LogP contribution in [0.3, 0.4) is 0 Å². The van der Waals surface area contributed by atoms with Gasteiger partial charge in [0, 0.05) is 12.3 Å². The summed E-state index contributed by atoms with van der Waals surface area (Å²) in [7, 11) is 0. The molecule has 0 unspecified atom stereocenters. The third kappa shape index (κ3) is 2.47. The average molecular weight is 191 g/mol. The summed E-state index contributed by atoms with van der Waals surface area (Å²) in [6, 6.07) is 0. The molecule has 1 aliphatic heterocycles. The Labute approximate surface area is 78.5 Å². The van der Waals surface area contributed by atoms with Crippen LogP contribution in [0.2, 0.25) is 0 Å². The van der Waals surface area contributed by atoms with Crippen LogP contribution in [0.15, 0.2) is 12.7 Å². The Morgan fingerprint density at radius 2 is 2.25 bits per heavy atom. The van der Waals surface area contributed by atoms with Crippen molar-refractivity contribution in [2.75, 3.05) is 5.88 Å². The van der Waals surface area contributed by atoms with E-state index in [1.54, 1.807) is 6.08 Å². The fourth-order valence-electron chi connectivity index (χ4n) is 1.39. The van der Waals surface area contributed by atoms with Gasteiger partial charge in [-0.3, -0.25) is 0 Å². The number of rotatable bonds is 2. The van der Waals surface area contributed by atoms with E-state index in [4.69, 9.17) is 21.1 Å². The summed E-state index contributed by atoms with van der Waals surface area (Å²) in [5, 5.41) is 0. The predicted octanol–water partition coefficient (Wildman–Crippen LogP) is 2.32. The van der Waals surface area contributed by atoms with E-state index in [0.29, 0.717) is 5.88 Å². The molecular weight excluding hydrogens is 176 g/mol. The van der Waals surface area contributed by atoms with Gasteiger partial charge in [0.15, 0.2) is 5.79 Å². The molecule has 1 fully saturated rings. The van der Waals surface area contributed by atoms with Crippen molar-refractivity contribution in [3.05, 3.63) is 12.7 Å². The Balaban J connectivity index is 2.58. The van der Waals surface area contributed by atoms with Crippen molar-refractivity contribution >= 4 is 11.6 Å². The average Bonchev–Trinajstić information content (AvgIpc) is 2.01. The molecule has 1 rings (SSSR count). The van der Waals surface area contributed by atoms with Crippen LogP contribution in [0.5, 0.6) is 0 Å². The number of alkyl halides is 1. The molecule has 1 saturated heterocycles. The lowest BCUT2D eigenvalue weighted by Crippen LogP contribution is -2.44. The van der Waals surface area contributed by atoms with Crippen LogP contribution in [-0.4, -0.2) is 23.9 Å². The van der Waals surface area contributed by atoms with Gasteiger partial charge in [0.1, 0.15) is 0 Å². The summed E-state index contributed by atoms with van der Waals surface area (Å²) in [5.74, 6) is -0.0200. The molecule has 0 aromatic rings. The van der Waals surface area contributed by atoms with Crippen molar-refractivity contribution in [3.8, 4) is 0 Å². The van der Waals surface area contributed by atoms with Gasteiger partial charge in [-0.1, -0.05) is 6.08 Å². The number of hydrogen-bond donors (Lipinski definition) is 0. The van der Waals surface area contributed by atoms with Gasteiger partial charge in [0.05, 0.1) is 12.2 Å². The zero-order chi connectivity index (χ0) is 9.19. The third-order valence-corrected chi connectivity index (χ3v) is 2.16. The smallest absolute Gasteiger partial charge is 0.163 e. The van der Waals surface area contributed by atoms with Crippen molar-refractivity contribution in [2.45, 2.75) is 38.3 Å². The molecule has 0 aliphatic carbocycles. The SMILES string of the molecule is C=C[C@H]1C[C@H](CCl)OC(C)(C)O1. The summed E-state index contributed by atoms with van der Waals surface area (Å²) in [4.78, 5) is 0. The summed E-state index contributed by atoms with van der Waals surface area (Å²) in [6.45, 7) is 7.48. The monoisotopic (exact) mass is 190 g/mol. The van der Waals surface area contributed by atoms with Crippen molar-refractivity contribution in [2.24, 2.45) is 0 Å². The summed E-state index contributed by atoms with van der Waals surface area (Å²) in [5.41, 5.74) is 0. The first-order chi connectivity index (χ1) is 5.57. The van der Waals surface area contributed by atoms with Crippen molar-refractivity contribution in [3.63, 3.8) is 0 Å². The molecule has 0 aromatic heterocycles. The van der Waals surface area contributed by atoms with Gasteiger partial charge in [0.2, 0.25) is 0 Å². The summed E-state index contributed by atoms with van der Waals surface area (Å²) >= 11 is 5.72. The quantitative estimate of drug-likeness (QED) is 0.492. The van der Waals surface area contributed by atoms with Crippen LogP contribution >= 0.6 is 11.6 Å². The highest BCUT2D eigenvalue weighted by Gasteiger charge is 2.33. The Morgan fingerprint density at radius 1 is 1.58 bits per heavy atom.